The standard InChI is InChI=1S/C17H12N4OS2/c22-16-15(24-17(21-16)19-10-12-3-2-8-23-12)9-11-5-6-13-14(20-11)4-1-7-18-13/h1-9H,10H2,(H,19,21,22). The fourth-order valence-corrected chi connectivity index (χ4v) is 3.69. The minimum absolute atomic E-state index is 0.234. The molecule has 0 atom stereocenters. The number of hydrogen-bond acceptors (Lipinski definition) is 6. The summed E-state index contributed by atoms with van der Waals surface area (Å²) >= 11 is 3.01. The lowest BCUT2D eigenvalue weighted by molar-refractivity contribution is -0.113. The van der Waals surface area contributed by atoms with Gasteiger partial charge in [-0.15, -0.1) is 11.3 Å². The molecule has 0 bridgehead atoms. The summed E-state index contributed by atoms with van der Waals surface area (Å²) < 4.78 is 0. The summed E-state index contributed by atoms with van der Waals surface area (Å²) in [7, 11) is 0. The summed E-state index contributed by atoms with van der Waals surface area (Å²) in [6, 6.07) is 11.5. The predicted molar refractivity (Wildman–Crippen MR) is 98.7 cm³/mol. The van der Waals surface area contributed by atoms with Gasteiger partial charge < -0.3 is 5.32 Å². The number of nitrogens with one attached hydrogen (secondary N) is 1. The van der Waals surface area contributed by atoms with E-state index in [0.29, 0.717) is 16.6 Å². The molecule has 4 rings (SSSR count). The number of thioether (sulfide) groups is 1. The van der Waals surface area contributed by atoms with Crippen molar-refractivity contribution in [2.24, 2.45) is 4.99 Å². The Kier molecular flexibility index (Phi) is 4.10. The molecule has 1 aliphatic rings. The first-order chi connectivity index (χ1) is 11.8. The number of amidine groups is 1. The van der Waals surface area contributed by atoms with Gasteiger partial charge in [-0.2, -0.15) is 4.99 Å². The van der Waals surface area contributed by atoms with Crippen molar-refractivity contribution in [1.29, 1.82) is 0 Å². The molecule has 0 saturated heterocycles. The number of amides is 1. The Morgan fingerprint density at radius 3 is 2.96 bits per heavy atom. The van der Waals surface area contributed by atoms with E-state index in [-0.39, 0.29) is 5.91 Å². The lowest BCUT2D eigenvalue weighted by Crippen LogP contribution is -2.17. The molecule has 1 amide bonds. The number of carbonyl (C=O) groups is 1. The molecule has 0 aliphatic carbocycles. The zero-order valence-electron chi connectivity index (χ0n) is 12.5. The monoisotopic (exact) mass is 352 g/mol. The Hall–Kier alpha value is -2.51. The Balaban J connectivity index is 1.49. The van der Waals surface area contributed by atoms with Crippen molar-refractivity contribution < 1.29 is 4.79 Å². The fourth-order valence-electron chi connectivity index (χ4n) is 2.25. The number of nitrogens with zero attached hydrogens (tertiary/aromatic N) is 3. The first-order valence-electron chi connectivity index (χ1n) is 7.28. The van der Waals surface area contributed by atoms with Crippen LogP contribution in [0.1, 0.15) is 10.6 Å². The van der Waals surface area contributed by atoms with Crippen molar-refractivity contribution in [1.82, 2.24) is 15.3 Å². The molecule has 4 heterocycles. The number of hydrogen-bond donors (Lipinski definition) is 1. The normalized spacial score (nSPS) is 15.9. The zero-order chi connectivity index (χ0) is 16.4. The second-order valence-corrected chi connectivity index (χ2v) is 7.11. The van der Waals surface area contributed by atoms with E-state index in [4.69, 9.17) is 0 Å². The van der Waals surface area contributed by atoms with Crippen molar-refractivity contribution in [3.63, 3.8) is 0 Å². The lowest BCUT2D eigenvalue weighted by Gasteiger charge is -2.02. The van der Waals surface area contributed by atoms with Crippen LogP contribution in [0.25, 0.3) is 17.1 Å². The number of aromatic nitrogens is 2. The van der Waals surface area contributed by atoms with Crippen molar-refractivity contribution in [2.75, 3.05) is 0 Å². The second-order valence-electron chi connectivity index (χ2n) is 5.04. The molecule has 0 fully saturated rings. The van der Waals surface area contributed by atoms with Crippen molar-refractivity contribution in [3.05, 3.63) is 63.5 Å². The van der Waals surface area contributed by atoms with E-state index in [1.165, 1.54) is 16.6 Å². The Morgan fingerprint density at radius 1 is 1.12 bits per heavy atom. The SMILES string of the molecule is O=C1N=C(NCc2cccs2)SC1=Cc1ccc2ncccc2n1. The Bertz CT molecular complexity index is 964. The highest BCUT2D eigenvalue weighted by molar-refractivity contribution is 8.18. The number of rotatable bonds is 3. The van der Waals surface area contributed by atoms with Gasteiger partial charge in [0.05, 0.1) is 28.2 Å². The molecule has 24 heavy (non-hydrogen) atoms. The van der Waals surface area contributed by atoms with Crippen LogP contribution in [0.3, 0.4) is 0 Å². The van der Waals surface area contributed by atoms with Crippen molar-refractivity contribution >= 4 is 51.3 Å². The Morgan fingerprint density at radius 2 is 2.08 bits per heavy atom. The number of thiophene rings is 1. The topological polar surface area (TPSA) is 67.2 Å². The molecule has 118 valence electrons. The van der Waals surface area contributed by atoms with Crippen LogP contribution in [0.5, 0.6) is 0 Å². The van der Waals surface area contributed by atoms with Gasteiger partial charge in [0.2, 0.25) is 0 Å². The van der Waals surface area contributed by atoms with E-state index in [1.807, 2.05) is 41.8 Å². The maximum atomic E-state index is 12.1. The minimum atomic E-state index is -0.234. The van der Waals surface area contributed by atoms with E-state index < -0.39 is 0 Å². The highest BCUT2D eigenvalue weighted by Gasteiger charge is 2.21. The van der Waals surface area contributed by atoms with Gasteiger partial charge in [-0.1, -0.05) is 6.07 Å². The van der Waals surface area contributed by atoms with E-state index in [2.05, 4.69) is 20.3 Å². The van der Waals surface area contributed by atoms with Gasteiger partial charge in [-0.05, 0) is 53.5 Å². The predicted octanol–water partition coefficient (Wildman–Crippen LogP) is 3.45. The third kappa shape index (κ3) is 3.22. The van der Waals surface area contributed by atoms with E-state index in [9.17, 15) is 4.79 Å². The molecule has 3 aromatic rings. The van der Waals surface area contributed by atoms with Gasteiger partial charge in [-0.3, -0.25) is 9.78 Å². The van der Waals surface area contributed by atoms with Gasteiger partial charge in [0, 0.05) is 11.1 Å². The smallest absolute Gasteiger partial charge is 0.286 e. The van der Waals surface area contributed by atoms with Crippen LogP contribution in [0, 0.1) is 0 Å². The average Bonchev–Trinajstić information content (AvgIpc) is 3.23. The molecule has 0 radical (unpaired) electrons. The van der Waals surface area contributed by atoms with Crippen LogP contribution < -0.4 is 5.32 Å². The molecule has 1 aliphatic heterocycles. The molecule has 0 spiro atoms. The summed E-state index contributed by atoms with van der Waals surface area (Å²) in [6.07, 6.45) is 3.50. The summed E-state index contributed by atoms with van der Waals surface area (Å²) in [5.41, 5.74) is 2.36. The first kappa shape index (κ1) is 15.0. The van der Waals surface area contributed by atoms with Crippen molar-refractivity contribution in [3.8, 4) is 0 Å². The molecule has 0 saturated carbocycles. The molecule has 0 unspecified atom stereocenters. The summed E-state index contributed by atoms with van der Waals surface area (Å²) in [6.45, 7) is 0.671. The second kappa shape index (κ2) is 6.54. The number of aliphatic imine (C=N–C) groups is 1. The van der Waals surface area contributed by atoms with E-state index in [1.54, 1.807) is 23.6 Å². The molecular weight excluding hydrogens is 340 g/mol. The number of fused-ring (bicyclic) bond motifs is 1. The summed E-state index contributed by atoms with van der Waals surface area (Å²) in [4.78, 5) is 26.6. The Labute approximate surface area is 146 Å². The van der Waals surface area contributed by atoms with Gasteiger partial charge >= 0.3 is 0 Å². The van der Waals surface area contributed by atoms with Crippen LogP contribution in [0.4, 0.5) is 0 Å². The third-order valence-electron chi connectivity index (χ3n) is 3.37. The van der Waals surface area contributed by atoms with Crippen LogP contribution in [0.2, 0.25) is 0 Å². The van der Waals surface area contributed by atoms with Gasteiger partial charge in [0.15, 0.2) is 5.17 Å². The third-order valence-corrected chi connectivity index (χ3v) is 5.19. The molecule has 3 aromatic heterocycles. The average molecular weight is 352 g/mol. The fraction of sp³-hybridized carbons (Fsp3) is 0.0588. The maximum Gasteiger partial charge on any atom is 0.286 e. The molecule has 7 heteroatoms. The summed E-state index contributed by atoms with van der Waals surface area (Å²) in [5, 5.41) is 5.84. The largest absolute Gasteiger partial charge is 0.359 e. The molecule has 0 aromatic carbocycles. The number of carbonyl (C=O) groups excluding carboxylic acids is 1. The highest BCUT2D eigenvalue weighted by Crippen LogP contribution is 2.27. The van der Waals surface area contributed by atoms with Crippen LogP contribution in [-0.4, -0.2) is 21.0 Å². The van der Waals surface area contributed by atoms with Crippen LogP contribution >= 0.6 is 23.1 Å². The van der Waals surface area contributed by atoms with E-state index >= 15 is 0 Å². The minimum Gasteiger partial charge on any atom is -0.359 e. The van der Waals surface area contributed by atoms with Crippen LogP contribution in [-0.2, 0) is 11.3 Å². The first-order valence-corrected chi connectivity index (χ1v) is 8.98. The van der Waals surface area contributed by atoms with Gasteiger partial charge in [-0.25, -0.2) is 4.98 Å². The van der Waals surface area contributed by atoms with E-state index in [0.717, 1.165) is 16.7 Å². The molecule has 1 N–H and O–H groups in total. The quantitative estimate of drug-likeness (QED) is 0.731. The number of pyridine rings is 2. The maximum absolute atomic E-state index is 12.1. The highest BCUT2D eigenvalue weighted by atomic mass is 32.2. The molecular formula is C17H12N4OS2. The van der Waals surface area contributed by atoms with Gasteiger partial charge in [0.1, 0.15) is 0 Å². The van der Waals surface area contributed by atoms with Gasteiger partial charge in [0.25, 0.3) is 5.91 Å². The zero-order valence-corrected chi connectivity index (χ0v) is 14.1. The van der Waals surface area contributed by atoms with Crippen LogP contribution in [0.15, 0.2) is 57.9 Å². The van der Waals surface area contributed by atoms with Crippen molar-refractivity contribution in [2.45, 2.75) is 6.54 Å². The summed E-state index contributed by atoms with van der Waals surface area (Å²) in [5.74, 6) is -0.234. The lowest BCUT2D eigenvalue weighted by atomic mass is 10.2. The molecule has 5 nitrogen and oxygen atoms in total.